The van der Waals surface area contributed by atoms with Crippen molar-refractivity contribution in [1.82, 2.24) is 10.3 Å². The number of benzene rings is 1. The second-order valence-electron chi connectivity index (χ2n) is 5.84. The molecule has 27 heavy (non-hydrogen) atoms. The third-order valence-electron chi connectivity index (χ3n) is 4.10. The molecule has 0 aliphatic rings. The summed E-state index contributed by atoms with van der Waals surface area (Å²) in [6, 6.07) is 8.37. The van der Waals surface area contributed by atoms with Crippen LogP contribution in [-0.2, 0) is 6.54 Å². The fourth-order valence-corrected chi connectivity index (χ4v) is 3.52. The van der Waals surface area contributed by atoms with E-state index in [-0.39, 0.29) is 11.8 Å². The van der Waals surface area contributed by atoms with Crippen molar-refractivity contribution in [2.75, 3.05) is 14.2 Å². The summed E-state index contributed by atoms with van der Waals surface area (Å²) in [6.45, 7) is 2.57. The van der Waals surface area contributed by atoms with Crippen LogP contribution in [0.25, 0.3) is 0 Å². The van der Waals surface area contributed by atoms with E-state index in [1.807, 2.05) is 18.4 Å². The molecule has 0 amide bonds. The van der Waals surface area contributed by atoms with E-state index in [1.165, 1.54) is 6.07 Å². The Bertz CT molecular complexity index is 886. The van der Waals surface area contributed by atoms with E-state index >= 15 is 0 Å². The topological polar surface area (TPSA) is 52.6 Å². The molecule has 2 aromatic heterocycles. The van der Waals surface area contributed by atoms with Crippen LogP contribution < -0.4 is 19.5 Å². The van der Waals surface area contributed by atoms with E-state index in [4.69, 9.17) is 14.2 Å². The average molecular weight is 388 g/mol. The van der Waals surface area contributed by atoms with Gasteiger partial charge in [0.05, 0.1) is 25.3 Å². The molecule has 0 saturated carbocycles. The Kier molecular flexibility index (Phi) is 6.26. The lowest BCUT2D eigenvalue weighted by Crippen LogP contribution is -2.18. The van der Waals surface area contributed by atoms with Crippen molar-refractivity contribution in [2.45, 2.75) is 19.5 Å². The molecule has 3 aromatic rings. The minimum absolute atomic E-state index is 0.0512. The number of ether oxygens (including phenoxy) is 3. The van der Waals surface area contributed by atoms with Gasteiger partial charge in [0, 0.05) is 24.2 Å². The van der Waals surface area contributed by atoms with Crippen molar-refractivity contribution in [3.8, 4) is 23.0 Å². The summed E-state index contributed by atoms with van der Waals surface area (Å²) in [4.78, 5) is 4.98. The predicted molar refractivity (Wildman–Crippen MR) is 103 cm³/mol. The van der Waals surface area contributed by atoms with Gasteiger partial charge < -0.3 is 19.5 Å². The van der Waals surface area contributed by atoms with Gasteiger partial charge in [-0.2, -0.15) is 0 Å². The lowest BCUT2D eigenvalue weighted by Gasteiger charge is -2.15. The maximum atomic E-state index is 14.4. The largest absolute Gasteiger partial charge is 0.492 e. The van der Waals surface area contributed by atoms with Gasteiger partial charge in [0.2, 0.25) is 0 Å². The van der Waals surface area contributed by atoms with Crippen LogP contribution in [0, 0.1) is 5.82 Å². The molecule has 2 heterocycles. The molecule has 1 aromatic carbocycles. The van der Waals surface area contributed by atoms with Crippen molar-refractivity contribution >= 4 is 11.3 Å². The van der Waals surface area contributed by atoms with Crippen LogP contribution in [0.3, 0.4) is 0 Å². The molecule has 1 unspecified atom stereocenters. The molecule has 142 valence electrons. The summed E-state index contributed by atoms with van der Waals surface area (Å²) in [5, 5.41) is 5.29. The van der Waals surface area contributed by atoms with Crippen LogP contribution in [0.4, 0.5) is 4.39 Å². The first-order chi connectivity index (χ1) is 13.1. The Morgan fingerprint density at radius 1 is 1.19 bits per heavy atom. The second kappa shape index (κ2) is 8.83. The van der Waals surface area contributed by atoms with Gasteiger partial charge in [-0.15, -0.1) is 11.3 Å². The van der Waals surface area contributed by atoms with Crippen LogP contribution in [0.1, 0.15) is 23.4 Å². The molecule has 1 N–H and O–H groups in total. The first kappa shape index (κ1) is 19.1. The highest BCUT2D eigenvalue weighted by Gasteiger charge is 2.15. The van der Waals surface area contributed by atoms with Crippen LogP contribution >= 0.6 is 11.3 Å². The van der Waals surface area contributed by atoms with Crippen molar-refractivity contribution in [2.24, 2.45) is 0 Å². The Morgan fingerprint density at radius 3 is 2.70 bits per heavy atom. The van der Waals surface area contributed by atoms with Crippen molar-refractivity contribution in [1.29, 1.82) is 0 Å². The number of thiophene rings is 1. The third kappa shape index (κ3) is 4.56. The predicted octanol–water partition coefficient (Wildman–Crippen LogP) is 4.94. The van der Waals surface area contributed by atoms with Gasteiger partial charge in [-0.05, 0) is 36.8 Å². The van der Waals surface area contributed by atoms with Crippen molar-refractivity contribution in [3.63, 3.8) is 0 Å². The standard InChI is InChI=1S/C20H21FN2O3S/c1-13(23-11-19-20(25-3)18(24-2)12-27-19)14-6-7-17(16(21)9-14)26-15-5-4-8-22-10-15/h4-10,12-13,23H,11H2,1-3H3. The quantitative estimate of drug-likeness (QED) is 0.592. The molecule has 7 heteroatoms. The highest BCUT2D eigenvalue weighted by molar-refractivity contribution is 7.10. The van der Waals surface area contributed by atoms with Crippen LogP contribution in [0.15, 0.2) is 48.1 Å². The number of hydrogen-bond donors (Lipinski definition) is 1. The number of nitrogens with zero attached hydrogens (tertiary/aromatic N) is 1. The number of aromatic nitrogens is 1. The van der Waals surface area contributed by atoms with Crippen LogP contribution in [0.5, 0.6) is 23.0 Å². The van der Waals surface area contributed by atoms with Gasteiger partial charge in [-0.3, -0.25) is 4.98 Å². The molecular formula is C20H21FN2O3S. The summed E-state index contributed by atoms with van der Waals surface area (Å²) >= 11 is 1.56. The van der Waals surface area contributed by atoms with Crippen molar-refractivity contribution < 1.29 is 18.6 Å². The van der Waals surface area contributed by atoms with E-state index in [0.717, 1.165) is 21.9 Å². The molecule has 0 spiro atoms. The number of nitrogens with one attached hydrogen (secondary N) is 1. The average Bonchev–Trinajstić information content (AvgIpc) is 3.10. The maximum Gasteiger partial charge on any atom is 0.175 e. The number of halogens is 1. The summed E-state index contributed by atoms with van der Waals surface area (Å²) in [7, 11) is 3.23. The molecule has 1 atom stereocenters. The van der Waals surface area contributed by atoms with Gasteiger partial charge in [0.1, 0.15) is 5.75 Å². The number of pyridine rings is 1. The monoisotopic (exact) mass is 388 g/mol. The summed E-state index contributed by atoms with van der Waals surface area (Å²) < 4.78 is 30.6. The Labute approximate surface area is 161 Å². The fraction of sp³-hybridized carbons (Fsp3) is 0.250. The SMILES string of the molecule is COc1csc(CNC(C)c2ccc(Oc3cccnc3)c(F)c2)c1OC. The zero-order valence-corrected chi connectivity index (χ0v) is 16.2. The smallest absolute Gasteiger partial charge is 0.175 e. The molecule has 0 bridgehead atoms. The molecule has 3 rings (SSSR count). The number of rotatable bonds is 8. The Hall–Kier alpha value is -2.64. The minimum atomic E-state index is -0.416. The second-order valence-corrected chi connectivity index (χ2v) is 6.81. The molecular weight excluding hydrogens is 367 g/mol. The normalized spacial score (nSPS) is 11.9. The van der Waals surface area contributed by atoms with Crippen LogP contribution in [0.2, 0.25) is 0 Å². The minimum Gasteiger partial charge on any atom is -0.492 e. The van der Waals surface area contributed by atoms with E-state index in [1.54, 1.807) is 56.1 Å². The summed E-state index contributed by atoms with van der Waals surface area (Å²) in [6.07, 6.45) is 3.18. The van der Waals surface area contributed by atoms with Gasteiger partial charge >= 0.3 is 0 Å². The molecule has 0 radical (unpaired) electrons. The molecule has 0 aliphatic heterocycles. The highest BCUT2D eigenvalue weighted by Crippen LogP contribution is 2.37. The lowest BCUT2D eigenvalue weighted by molar-refractivity contribution is 0.354. The van der Waals surface area contributed by atoms with Gasteiger partial charge in [-0.1, -0.05) is 6.07 Å². The first-order valence-corrected chi connectivity index (χ1v) is 9.29. The van der Waals surface area contributed by atoms with E-state index < -0.39 is 5.82 Å². The summed E-state index contributed by atoms with van der Waals surface area (Å²) in [5.74, 6) is 1.70. The lowest BCUT2D eigenvalue weighted by atomic mass is 10.1. The van der Waals surface area contributed by atoms with Crippen LogP contribution in [-0.4, -0.2) is 19.2 Å². The van der Waals surface area contributed by atoms with E-state index in [9.17, 15) is 4.39 Å². The van der Waals surface area contributed by atoms with Gasteiger partial charge in [0.25, 0.3) is 0 Å². The first-order valence-electron chi connectivity index (χ1n) is 8.41. The fourth-order valence-electron chi connectivity index (χ4n) is 2.61. The molecule has 0 fully saturated rings. The molecule has 0 saturated heterocycles. The van der Waals surface area contributed by atoms with Crippen molar-refractivity contribution in [3.05, 3.63) is 64.4 Å². The Balaban J connectivity index is 1.66. The zero-order valence-electron chi connectivity index (χ0n) is 15.4. The van der Waals surface area contributed by atoms with E-state index in [2.05, 4.69) is 10.3 Å². The zero-order chi connectivity index (χ0) is 19.2. The van der Waals surface area contributed by atoms with Gasteiger partial charge in [0.15, 0.2) is 23.1 Å². The third-order valence-corrected chi connectivity index (χ3v) is 5.04. The molecule has 0 aliphatic carbocycles. The molecule has 5 nitrogen and oxygen atoms in total. The highest BCUT2D eigenvalue weighted by atomic mass is 32.1. The number of hydrogen-bond acceptors (Lipinski definition) is 6. The number of methoxy groups -OCH3 is 2. The summed E-state index contributed by atoms with van der Waals surface area (Å²) in [5.41, 5.74) is 0.827. The Morgan fingerprint density at radius 2 is 2.04 bits per heavy atom. The maximum absolute atomic E-state index is 14.4. The van der Waals surface area contributed by atoms with Gasteiger partial charge in [-0.25, -0.2) is 4.39 Å². The van der Waals surface area contributed by atoms with E-state index in [0.29, 0.717) is 12.3 Å².